The number of rotatable bonds is 12. The number of alkyl halides is 6. The van der Waals surface area contributed by atoms with Crippen LogP contribution in [-0.4, -0.2) is 93.4 Å². The minimum absolute atomic E-state index is 0.122. The number of likely N-dealkylation sites (N-methyl/N-ethyl adjacent to an activating group) is 2. The van der Waals surface area contributed by atoms with Crippen LogP contribution in [0.25, 0.3) is 22.3 Å². The van der Waals surface area contributed by atoms with E-state index in [1.54, 1.807) is 68.0 Å². The number of nitrogens with one attached hydrogen (secondary N) is 1. The van der Waals surface area contributed by atoms with E-state index >= 15 is 8.78 Å². The molecular weight excluding hydrogens is 1010 g/mol. The first-order valence-electron chi connectivity index (χ1n) is 23.3. The summed E-state index contributed by atoms with van der Waals surface area (Å²) in [7, 11) is 5.49. The molecule has 22 heteroatoms. The molecule has 0 saturated heterocycles. The second kappa shape index (κ2) is 22.6. The standard InChI is InChI=1S/C27H27F4N5OS.C25H23F4N5OS/c1-5-36-14-19(26(33-36)27(29,30)31)25-17(8-6-9-20(25)28)18-13-35(23(37)10-7-11-34(3)4)15-22-24(18)16(2)21(12-32)38-22;1-3-34-13-19(24(32-34)25(27,28)29)23-16(6-4-7-20(23)26)18-12-33(22(35)8-5-9-31-2)14-21-17(18)10-15(11-30)36-21/h6-10,14,18H,5,11,13,15H2,1-4H3;4-8,10,13,18,31H,3,9,12,14H2,1-2H3/b10-7+;8-5+/t2*18-/m00/s1. The average molecular weight is 1060 g/mol. The number of carbonyl (C=O) groups is 2. The highest BCUT2D eigenvalue weighted by atomic mass is 32.1. The van der Waals surface area contributed by atoms with Crippen molar-refractivity contribution in [3.8, 4) is 34.4 Å². The number of fused-ring (bicyclic) bond motifs is 2. The fourth-order valence-electron chi connectivity index (χ4n) is 9.18. The van der Waals surface area contributed by atoms with Crippen LogP contribution >= 0.6 is 22.7 Å². The van der Waals surface area contributed by atoms with Gasteiger partial charge in [-0.1, -0.05) is 36.4 Å². The lowest BCUT2D eigenvalue weighted by Gasteiger charge is -2.34. The smallest absolute Gasteiger partial charge is 0.333 e. The molecule has 0 saturated carbocycles. The number of thiophene rings is 2. The molecule has 12 nitrogen and oxygen atoms in total. The maximum absolute atomic E-state index is 15.5. The second-order valence-electron chi connectivity index (χ2n) is 17.7. The topological polar surface area (TPSA) is 139 Å². The lowest BCUT2D eigenvalue weighted by atomic mass is 9.81. The Bertz CT molecular complexity index is 3200. The Balaban J connectivity index is 0.000000217. The van der Waals surface area contributed by atoms with Gasteiger partial charge in [-0.25, -0.2) is 8.78 Å². The van der Waals surface area contributed by atoms with Crippen molar-refractivity contribution in [3.05, 3.63) is 150 Å². The second-order valence-corrected chi connectivity index (χ2v) is 19.9. The largest absolute Gasteiger partial charge is 0.435 e. The summed E-state index contributed by atoms with van der Waals surface area (Å²) in [4.78, 5) is 33.4. The summed E-state index contributed by atoms with van der Waals surface area (Å²) in [5.74, 6) is -3.44. The minimum Gasteiger partial charge on any atom is -0.333 e. The number of carbonyl (C=O) groups excluding carboxylic acids is 2. The van der Waals surface area contributed by atoms with Gasteiger partial charge in [0.15, 0.2) is 11.4 Å². The van der Waals surface area contributed by atoms with Crippen LogP contribution < -0.4 is 5.32 Å². The Morgan fingerprint density at radius 2 is 1.28 bits per heavy atom. The van der Waals surface area contributed by atoms with Gasteiger partial charge in [0, 0.05) is 108 Å². The summed E-state index contributed by atoms with van der Waals surface area (Å²) in [6.45, 7) is 7.24. The summed E-state index contributed by atoms with van der Waals surface area (Å²) >= 11 is 2.48. The van der Waals surface area contributed by atoms with Crippen molar-refractivity contribution >= 4 is 34.5 Å². The summed E-state index contributed by atoms with van der Waals surface area (Å²) in [6.07, 6.45) is -0.874. The molecule has 6 aromatic rings. The van der Waals surface area contributed by atoms with E-state index in [1.165, 1.54) is 59.4 Å². The third-order valence-corrected chi connectivity index (χ3v) is 14.8. The summed E-state index contributed by atoms with van der Waals surface area (Å²) in [6, 6.07) is 14.2. The highest BCUT2D eigenvalue weighted by Crippen LogP contribution is 2.48. The van der Waals surface area contributed by atoms with Gasteiger partial charge in [-0.2, -0.15) is 47.1 Å². The summed E-state index contributed by atoms with van der Waals surface area (Å²) in [5.41, 5.74) is -0.656. The van der Waals surface area contributed by atoms with Crippen LogP contribution in [0.5, 0.6) is 0 Å². The van der Waals surface area contributed by atoms with Crippen LogP contribution in [-0.2, 0) is 48.1 Å². The molecule has 0 spiro atoms. The Kier molecular flexibility index (Phi) is 16.8. The quantitative estimate of drug-likeness (QED) is 0.0944. The van der Waals surface area contributed by atoms with Crippen LogP contribution in [0.3, 0.4) is 0 Å². The summed E-state index contributed by atoms with van der Waals surface area (Å²) in [5, 5.41) is 29.4. The fraction of sp³-hybridized carbons (Fsp3) is 0.346. The molecule has 6 heterocycles. The SMILES string of the molecule is CCn1cc(-c2c(F)cccc2[C@@H]2CN(C(=O)/C=C/CN(C)C)Cc3sc(C#N)c(C)c32)c(C(F)(F)F)n1.CCn1cc(-c2c(F)cccc2[C@@H]2CN(C(=O)/C=C/CNC)Cc3sc(C#N)cc32)c(C(F)(F)F)n1. The highest BCUT2D eigenvalue weighted by molar-refractivity contribution is 7.13. The van der Waals surface area contributed by atoms with Gasteiger partial charge in [0.1, 0.15) is 33.5 Å². The van der Waals surface area contributed by atoms with Crippen molar-refractivity contribution in [2.45, 2.75) is 71.1 Å². The normalized spacial score (nSPS) is 15.8. The van der Waals surface area contributed by atoms with Crippen molar-refractivity contribution in [1.29, 1.82) is 10.5 Å². The van der Waals surface area contributed by atoms with Crippen molar-refractivity contribution < 1.29 is 44.7 Å². The zero-order chi connectivity index (χ0) is 53.8. The van der Waals surface area contributed by atoms with Gasteiger partial charge in [-0.05, 0) is 87.9 Å². The molecule has 74 heavy (non-hydrogen) atoms. The maximum atomic E-state index is 15.5. The lowest BCUT2D eigenvalue weighted by molar-refractivity contribution is -0.141. The first kappa shape index (κ1) is 54.8. The van der Waals surface area contributed by atoms with Crippen molar-refractivity contribution in [3.63, 3.8) is 0 Å². The van der Waals surface area contributed by atoms with Crippen molar-refractivity contribution in [2.75, 3.05) is 47.3 Å². The zero-order valence-corrected chi connectivity index (χ0v) is 42.6. The van der Waals surface area contributed by atoms with Gasteiger partial charge < -0.3 is 20.0 Å². The molecule has 8 rings (SSSR count). The van der Waals surface area contributed by atoms with E-state index in [4.69, 9.17) is 0 Å². The van der Waals surface area contributed by atoms with E-state index < -0.39 is 47.2 Å². The molecule has 1 N–H and O–H groups in total. The van der Waals surface area contributed by atoms with E-state index in [1.807, 2.05) is 19.0 Å². The predicted molar refractivity (Wildman–Crippen MR) is 265 cm³/mol. The molecule has 2 aliphatic rings. The maximum Gasteiger partial charge on any atom is 0.435 e. The van der Waals surface area contributed by atoms with E-state index in [9.17, 15) is 46.5 Å². The molecule has 0 radical (unpaired) electrons. The highest BCUT2D eigenvalue weighted by Gasteiger charge is 2.42. The predicted octanol–water partition coefficient (Wildman–Crippen LogP) is 10.5. The number of aromatic nitrogens is 4. The monoisotopic (exact) mass is 1060 g/mol. The van der Waals surface area contributed by atoms with Crippen LogP contribution in [0.1, 0.15) is 84.4 Å². The zero-order valence-electron chi connectivity index (χ0n) is 41.0. The number of hydrogen-bond acceptors (Lipinski definition) is 10. The van der Waals surface area contributed by atoms with Crippen LogP contribution in [0.15, 0.2) is 79.2 Å². The lowest BCUT2D eigenvalue weighted by Crippen LogP contribution is -2.37. The summed E-state index contributed by atoms with van der Waals surface area (Å²) < 4.78 is 117. The fourth-order valence-corrected chi connectivity index (χ4v) is 11.4. The number of hydrogen-bond donors (Lipinski definition) is 1. The number of halogens is 8. The molecule has 2 aromatic carbocycles. The Hall–Kier alpha value is -6.98. The third kappa shape index (κ3) is 11.5. The average Bonchev–Trinajstić information content (AvgIpc) is 4.17. The third-order valence-electron chi connectivity index (χ3n) is 12.5. The van der Waals surface area contributed by atoms with Crippen molar-refractivity contribution in [1.82, 2.24) is 39.6 Å². The first-order valence-corrected chi connectivity index (χ1v) is 24.9. The molecule has 2 amide bonds. The van der Waals surface area contributed by atoms with Gasteiger partial charge >= 0.3 is 12.4 Å². The number of amides is 2. The Labute approximate surface area is 430 Å². The minimum atomic E-state index is -4.79. The molecular formula is C52H50F8N10O2S2. The van der Waals surface area contributed by atoms with E-state index in [0.29, 0.717) is 45.1 Å². The van der Waals surface area contributed by atoms with Gasteiger partial charge in [-0.15, -0.1) is 22.7 Å². The van der Waals surface area contributed by atoms with Crippen LogP contribution in [0.4, 0.5) is 35.1 Å². The number of benzene rings is 2. The van der Waals surface area contributed by atoms with Gasteiger partial charge in [0.2, 0.25) is 11.8 Å². The molecule has 0 unspecified atom stereocenters. The molecule has 0 fully saturated rings. The van der Waals surface area contributed by atoms with Crippen molar-refractivity contribution in [2.24, 2.45) is 0 Å². The molecule has 2 atom stereocenters. The molecule has 0 aliphatic carbocycles. The van der Waals surface area contributed by atoms with Gasteiger partial charge in [0.05, 0.1) is 13.1 Å². The number of nitriles is 2. The molecule has 388 valence electrons. The van der Waals surface area contributed by atoms with E-state index in [-0.39, 0.29) is 73.3 Å². The molecule has 2 aliphatic heterocycles. The van der Waals surface area contributed by atoms with Gasteiger partial charge in [-0.3, -0.25) is 19.0 Å². The molecule has 4 aromatic heterocycles. The number of nitrogens with zero attached hydrogens (tertiary/aromatic N) is 9. The van der Waals surface area contributed by atoms with Crippen LogP contribution in [0, 0.1) is 41.2 Å². The van der Waals surface area contributed by atoms with E-state index in [0.717, 1.165) is 36.8 Å². The van der Waals surface area contributed by atoms with Gasteiger partial charge in [0.25, 0.3) is 0 Å². The Morgan fingerprint density at radius 1 is 0.770 bits per heavy atom. The molecule has 0 bridgehead atoms. The Morgan fingerprint density at radius 3 is 1.77 bits per heavy atom. The first-order chi connectivity index (χ1) is 35.1. The number of aryl methyl sites for hydroxylation is 2. The van der Waals surface area contributed by atoms with Crippen LogP contribution in [0.2, 0.25) is 0 Å². The van der Waals surface area contributed by atoms with E-state index in [2.05, 4.69) is 27.7 Å².